The van der Waals surface area contributed by atoms with Crippen LogP contribution in [0, 0.1) is 0 Å². The third-order valence-electron chi connectivity index (χ3n) is 4.49. The number of aliphatic carboxylic acids is 1. The predicted octanol–water partition coefficient (Wildman–Crippen LogP) is 0.600. The number of hydrogen-bond donors (Lipinski definition) is 1. The van der Waals surface area contributed by atoms with Gasteiger partial charge in [-0.05, 0) is 32.6 Å². The molecule has 2 aliphatic rings. The molecule has 118 valence electrons. The summed E-state index contributed by atoms with van der Waals surface area (Å²) < 4.78 is 0. The predicted molar refractivity (Wildman–Crippen MR) is 75.8 cm³/mol. The Kier molecular flexibility index (Phi) is 4.39. The van der Waals surface area contributed by atoms with Crippen LogP contribution in [0.25, 0.3) is 0 Å². The van der Waals surface area contributed by atoms with E-state index in [4.69, 9.17) is 0 Å². The number of carboxylic acid groups (broad SMARTS) is 1. The van der Waals surface area contributed by atoms with Crippen LogP contribution in [0.2, 0.25) is 0 Å². The molecule has 0 aromatic rings. The van der Waals surface area contributed by atoms with Crippen LogP contribution in [0.1, 0.15) is 32.6 Å². The Labute approximate surface area is 124 Å². The Morgan fingerprint density at radius 3 is 2.33 bits per heavy atom. The van der Waals surface area contributed by atoms with Crippen LogP contribution in [0.4, 0.5) is 4.79 Å². The molecule has 2 fully saturated rings. The van der Waals surface area contributed by atoms with Gasteiger partial charge in [-0.15, -0.1) is 0 Å². The van der Waals surface area contributed by atoms with Crippen LogP contribution >= 0.6 is 0 Å². The minimum Gasteiger partial charge on any atom is -0.480 e. The van der Waals surface area contributed by atoms with E-state index < -0.39 is 11.5 Å². The number of carboxylic acids is 1. The first-order chi connectivity index (χ1) is 9.86. The van der Waals surface area contributed by atoms with Crippen molar-refractivity contribution in [3.63, 3.8) is 0 Å². The van der Waals surface area contributed by atoms with Crippen molar-refractivity contribution >= 4 is 17.9 Å². The lowest BCUT2D eigenvalue weighted by atomic mass is 10.00. The summed E-state index contributed by atoms with van der Waals surface area (Å²) in [5.74, 6) is -1.06. The molecule has 2 aliphatic heterocycles. The molecule has 2 heterocycles. The van der Waals surface area contributed by atoms with Gasteiger partial charge in [-0.1, -0.05) is 0 Å². The Morgan fingerprint density at radius 2 is 1.76 bits per heavy atom. The lowest BCUT2D eigenvalue weighted by molar-refractivity contribution is -0.147. The SMILES string of the molecule is CN(CC(=O)N1CCCC1)C(=O)N1CCCC1(C)C(=O)O. The van der Waals surface area contributed by atoms with Gasteiger partial charge in [0.05, 0.1) is 0 Å². The molecule has 1 N–H and O–H groups in total. The molecular formula is C14H23N3O4. The summed E-state index contributed by atoms with van der Waals surface area (Å²) in [5.41, 5.74) is -1.16. The van der Waals surface area contributed by atoms with Crippen molar-refractivity contribution in [2.24, 2.45) is 0 Å². The van der Waals surface area contributed by atoms with Crippen molar-refractivity contribution in [2.45, 2.75) is 38.1 Å². The number of carbonyl (C=O) groups is 3. The second-order valence-electron chi connectivity index (χ2n) is 6.06. The van der Waals surface area contributed by atoms with Crippen molar-refractivity contribution in [1.29, 1.82) is 0 Å². The van der Waals surface area contributed by atoms with Gasteiger partial charge in [0, 0.05) is 26.7 Å². The third-order valence-corrected chi connectivity index (χ3v) is 4.49. The fraction of sp³-hybridized carbons (Fsp3) is 0.786. The molecule has 1 atom stereocenters. The van der Waals surface area contributed by atoms with E-state index in [1.165, 1.54) is 9.80 Å². The normalized spacial score (nSPS) is 25.2. The van der Waals surface area contributed by atoms with Gasteiger partial charge < -0.3 is 19.8 Å². The van der Waals surface area contributed by atoms with Crippen molar-refractivity contribution in [3.05, 3.63) is 0 Å². The van der Waals surface area contributed by atoms with Crippen molar-refractivity contribution < 1.29 is 19.5 Å². The molecule has 7 heteroatoms. The topological polar surface area (TPSA) is 81.2 Å². The molecule has 0 spiro atoms. The van der Waals surface area contributed by atoms with Crippen LogP contribution in [0.5, 0.6) is 0 Å². The lowest BCUT2D eigenvalue weighted by Crippen LogP contribution is -2.55. The molecule has 7 nitrogen and oxygen atoms in total. The van der Waals surface area contributed by atoms with Crippen LogP contribution < -0.4 is 0 Å². The van der Waals surface area contributed by atoms with Gasteiger partial charge in [-0.2, -0.15) is 0 Å². The molecule has 2 saturated heterocycles. The van der Waals surface area contributed by atoms with E-state index in [0.717, 1.165) is 25.9 Å². The van der Waals surface area contributed by atoms with E-state index in [0.29, 0.717) is 19.4 Å². The van der Waals surface area contributed by atoms with Gasteiger partial charge in [0.2, 0.25) is 5.91 Å². The number of likely N-dealkylation sites (N-methyl/N-ethyl adjacent to an activating group) is 1. The Bertz CT molecular complexity index is 448. The van der Waals surface area contributed by atoms with Crippen LogP contribution in [0.3, 0.4) is 0 Å². The first-order valence-electron chi connectivity index (χ1n) is 7.40. The van der Waals surface area contributed by atoms with Crippen molar-refractivity contribution in [3.8, 4) is 0 Å². The van der Waals surface area contributed by atoms with Crippen LogP contribution in [0.15, 0.2) is 0 Å². The smallest absolute Gasteiger partial charge is 0.329 e. The summed E-state index contributed by atoms with van der Waals surface area (Å²) in [5, 5.41) is 9.34. The summed E-state index contributed by atoms with van der Waals surface area (Å²) in [6.45, 7) is 3.49. The van der Waals surface area contributed by atoms with E-state index in [-0.39, 0.29) is 18.5 Å². The van der Waals surface area contributed by atoms with E-state index in [1.807, 2.05) is 0 Å². The molecule has 1 unspecified atom stereocenters. The minimum absolute atomic E-state index is 0.00499. The second kappa shape index (κ2) is 5.91. The maximum Gasteiger partial charge on any atom is 0.329 e. The standard InChI is InChI=1S/C14H23N3O4/c1-14(12(19)20)6-5-9-17(14)13(21)15(2)10-11(18)16-7-3-4-8-16/h3-10H2,1-2H3,(H,19,20). The molecule has 0 saturated carbocycles. The highest BCUT2D eigenvalue weighted by molar-refractivity contribution is 5.89. The number of rotatable bonds is 3. The quantitative estimate of drug-likeness (QED) is 0.827. The molecule has 3 amide bonds. The van der Waals surface area contributed by atoms with Gasteiger partial charge in [-0.25, -0.2) is 9.59 Å². The Hall–Kier alpha value is -1.79. The van der Waals surface area contributed by atoms with E-state index in [9.17, 15) is 19.5 Å². The van der Waals surface area contributed by atoms with Gasteiger partial charge >= 0.3 is 12.0 Å². The average Bonchev–Trinajstić information content (AvgIpc) is 3.07. The highest BCUT2D eigenvalue weighted by Gasteiger charge is 2.46. The zero-order valence-corrected chi connectivity index (χ0v) is 12.7. The second-order valence-corrected chi connectivity index (χ2v) is 6.06. The van der Waals surface area contributed by atoms with Crippen LogP contribution in [-0.2, 0) is 9.59 Å². The maximum atomic E-state index is 12.4. The number of urea groups is 1. The zero-order chi connectivity index (χ0) is 15.6. The Morgan fingerprint density at radius 1 is 1.14 bits per heavy atom. The van der Waals surface area contributed by atoms with Gasteiger partial charge in [0.1, 0.15) is 12.1 Å². The molecule has 2 rings (SSSR count). The van der Waals surface area contributed by atoms with E-state index in [1.54, 1.807) is 18.9 Å². The number of hydrogen-bond acceptors (Lipinski definition) is 3. The molecule has 0 aromatic heterocycles. The first-order valence-corrected chi connectivity index (χ1v) is 7.40. The van der Waals surface area contributed by atoms with Crippen LogP contribution in [-0.4, -0.2) is 76.5 Å². The number of nitrogens with zero attached hydrogens (tertiary/aromatic N) is 3. The summed E-state index contributed by atoms with van der Waals surface area (Å²) in [6, 6.07) is -0.384. The number of amides is 3. The maximum absolute atomic E-state index is 12.4. The molecule has 0 bridgehead atoms. The van der Waals surface area contributed by atoms with E-state index >= 15 is 0 Å². The van der Waals surface area contributed by atoms with Crippen molar-refractivity contribution in [1.82, 2.24) is 14.7 Å². The van der Waals surface area contributed by atoms with Gasteiger partial charge in [0.25, 0.3) is 0 Å². The molecule has 0 aliphatic carbocycles. The third kappa shape index (κ3) is 2.96. The fourth-order valence-corrected chi connectivity index (χ4v) is 3.04. The fourth-order valence-electron chi connectivity index (χ4n) is 3.04. The summed E-state index contributed by atoms with van der Waals surface area (Å²) >= 11 is 0. The number of carbonyl (C=O) groups excluding carboxylic acids is 2. The largest absolute Gasteiger partial charge is 0.480 e. The van der Waals surface area contributed by atoms with Gasteiger partial charge in [-0.3, -0.25) is 4.79 Å². The lowest BCUT2D eigenvalue weighted by Gasteiger charge is -2.34. The molecule has 0 radical (unpaired) electrons. The summed E-state index contributed by atoms with van der Waals surface area (Å²) in [6.07, 6.45) is 3.13. The highest BCUT2D eigenvalue weighted by Crippen LogP contribution is 2.30. The van der Waals surface area contributed by atoms with Crippen molar-refractivity contribution in [2.75, 3.05) is 33.2 Å². The minimum atomic E-state index is -1.16. The number of likely N-dealkylation sites (tertiary alicyclic amines) is 2. The van der Waals surface area contributed by atoms with E-state index in [2.05, 4.69) is 0 Å². The van der Waals surface area contributed by atoms with Gasteiger partial charge in [0.15, 0.2) is 0 Å². The monoisotopic (exact) mass is 297 g/mol. The average molecular weight is 297 g/mol. The Balaban J connectivity index is 1.98. The molecule has 21 heavy (non-hydrogen) atoms. The zero-order valence-electron chi connectivity index (χ0n) is 12.7. The molecule has 0 aromatic carbocycles. The first kappa shape index (κ1) is 15.6. The highest BCUT2D eigenvalue weighted by atomic mass is 16.4. The summed E-state index contributed by atoms with van der Waals surface area (Å²) in [4.78, 5) is 40.4. The summed E-state index contributed by atoms with van der Waals surface area (Å²) in [7, 11) is 1.55. The molecular weight excluding hydrogens is 274 g/mol.